The first kappa shape index (κ1) is 17.9. The van der Waals surface area contributed by atoms with E-state index < -0.39 is 5.91 Å². The van der Waals surface area contributed by atoms with Crippen molar-refractivity contribution < 1.29 is 14.6 Å². The van der Waals surface area contributed by atoms with E-state index in [9.17, 15) is 4.79 Å². The van der Waals surface area contributed by atoms with E-state index in [0.29, 0.717) is 10.6 Å². The Kier molecular flexibility index (Phi) is 6.29. The van der Waals surface area contributed by atoms with Crippen LogP contribution in [0.3, 0.4) is 0 Å². The van der Waals surface area contributed by atoms with Gasteiger partial charge in [0.15, 0.2) is 0 Å². The molecule has 0 aliphatic rings. The first-order valence-electron chi connectivity index (χ1n) is 7.34. The van der Waals surface area contributed by atoms with Gasteiger partial charge in [-0.3, -0.25) is 4.79 Å². The first-order valence-corrected chi connectivity index (χ1v) is 7.72. The topological polar surface area (TPSA) is 47.9 Å². The van der Waals surface area contributed by atoms with Crippen LogP contribution in [0.2, 0.25) is 5.02 Å². The lowest BCUT2D eigenvalue weighted by molar-refractivity contribution is -0.227. The van der Waals surface area contributed by atoms with Crippen LogP contribution < -0.4 is 0 Å². The Bertz CT molecular complexity index is 784. The van der Waals surface area contributed by atoms with Crippen LogP contribution in [0.1, 0.15) is 22.3 Å². The molecule has 2 aromatic carbocycles. The van der Waals surface area contributed by atoms with E-state index in [-0.39, 0.29) is 6.61 Å². The summed E-state index contributed by atoms with van der Waals surface area (Å²) in [7, 11) is 0. The van der Waals surface area contributed by atoms with Gasteiger partial charge in [-0.25, -0.2) is 0 Å². The quantitative estimate of drug-likeness (QED) is 0.191. The van der Waals surface area contributed by atoms with Crippen LogP contribution in [0.5, 0.6) is 0 Å². The molecule has 4 nitrogen and oxygen atoms in total. The average Bonchev–Trinajstić information content (AvgIpc) is 2.57. The SMILES string of the molecule is C=C(C(=O)N=COOCc1ccccc1Cl)c1ccc(C)c(C)c1. The van der Waals surface area contributed by atoms with Gasteiger partial charge in [0.05, 0.1) is 0 Å². The molecule has 1 amide bonds. The Balaban J connectivity index is 1.85. The molecular formula is C19H18ClNO3. The molecule has 0 radical (unpaired) electrons. The largest absolute Gasteiger partial charge is 0.325 e. The van der Waals surface area contributed by atoms with E-state index in [1.165, 1.54) is 0 Å². The third kappa shape index (κ3) is 4.78. The normalized spacial score (nSPS) is 10.8. The van der Waals surface area contributed by atoms with Crippen molar-refractivity contribution in [2.45, 2.75) is 20.5 Å². The molecule has 0 N–H and O–H groups in total. The lowest BCUT2D eigenvalue weighted by atomic mass is 10.0. The molecule has 0 atom stereocenters. The molecular weight excluding hydrogens is 326 g/mol. The molecule has 2 rings (SSSR count). The van der Waals surface area contributed by atoms with Gasteiger partial charge in [-0.1, -0.05) is 54.6 Å². The summed E-state index contributed by atoms with van der Waals surface area (Å²) in [6.45, 7) is 7.91. The molecule has 0 heterocycles. The van der Waals surface area contributed by atoms with E-state index in [1.807, 2.05) is 50.2 Å². The average molecular weight is 344 g/mol. The molecule has 0 aliphatic carbocycles. The van der Waals surface area contributed by atoms with Crippen LogP contribution in [0, 0.1) is 13.8 Å². The van der Waals surface area contributed by atoms with Gasteiger partial charge in [-0.05, 0) is 36.6 Å². The van der Waals surface area contributed by atoms with Gasteiger partial charge >= 0.3 is 0 Å². The minimum Gasteiger partial charge on any atom is -0.325 e. The second kappa shape index (κ2) is 8.43. The molecule has 0 unspecified atom stereocenters. The number of hydrogen-bond acceptors (Lipinski definition) is 3. The Morgan fingerprint density at radius 3 is 2.67 bits per heavy atom. The molecule has 0 saturated heterocycles. The van der Waals surface area contributed by atoms with Crippen molar-refractivity contribution in [3.8, 4) is 0 Å². The first-order chi connectivity index (χ1) is 11.5. The van der Waals surface area contributed by atoms with Crippen molar-refractivity contribution in [1.82, 2.24) is 0 Å². The fourth-order valence-electron chi connectivity index (χ4n) is 1.94. The van der Waals surface area contributed by atoms with Gasteiger partial charge in [0.25, 0.3) is 5.91 Å². The highest BCUT2D eigenvalue weighted by molar-refractivity contribution is 6.31. The number of hydrogen-bond donors (Lipinski definition) is 0. The molecule has 0 saturated carbocycles. The van der Waals surface area contributed by atoms with Crippen molar-refractivity contribution in [2.75, 3.05) is 0 Å². The molecule has 0 spiro atoms. The molecule has 5 heteroatoms. The predicted octanol–water partition coefficient (Wildman–Crippen LogP) is 4.67. The van der Waals surface area contributed by atoms with E-state index in [0.717, 1.165) is 28.7 Å². The Labute approximate surface area is 146 Å². The van der Waals surface area contributed by atoms with Crippen LogP contribution >= 0.6 is 11.6 Å². The number of nitrogens with zero attached hydrogens (tertiary/aromatic N) is 1. The van der Waals surface area contributed by atoms with Crippen molar-refractivity contribution in [1.29, 1.82) is 0 Å². The predicted molar refractivity (Wildman–Crippen MR) is 95.8 cm³/mol. The summed E-state index contributed by atoms with van der Waals surface area (Å²) in [4.78, 5) is 25.4. The van der Waals surface area contributed by atoms with Crippen LogP contribution in [0.4, 0.5) is 0 Å². The Hall–Kier alpha value is -2.43. The van der Waals surface area contributed by atoms with E-state index in [4.69, 9.17) is 21.4 Å². The summed E-state index contributed by atoms with van der Waals surface area (Å²) in [5, 5.41) is 0.581. The summed E-state index contributed by atoms with van der Waals surface area (Å²) in [5.41, 5.74) is 4.04. The van der Waals surface area contributed by atoms with Crippen molar-refractivity contribution in [2.24, 2.45) is 4.99 Å². The molecule has 0 fully saturated rings. The molecule has 2 aromatic rings. The minimum atomic E-state index is -0.486. The number of aliphatic imine (C=N–C) groups is 1. The lowest BCUT2D eigenvalue weighted by Gasteiger charge is -2.05. The van der Waals surface area contributed by atoms with Gasteiger partial charge in [0.1, 0.15) is 6.61 Å². The zero-order valence-electron chi connectivity index (χ0n) is 13.6. The number of amides is 1. The Morgan fingerprint density at radius 2 is 1.96 bits per heavy atom. The van der Waals surface area contributed by atoms with Crippen molar-refractivity contribution >= 4 is 29.5 Å². The van der Waals surface area contributed by atoms with Gasteiger partial charge in [-0.15, -0.1) is 0 Å². The third-order valence-electron chi connectivity index (χ3n) is 3.57. The maximum Gasteiger partial charge on any atom is 0.279 e. The van der Waals surface area contributed by atoms with Crippen LogP contribution in [0.15, 0.2) is 54.0 Å². The summed E-state index contributed by atoms with van der Waals surface area (Å²) >= 11 is 5.99. The number of carbonyl (C=O) groups excluding carboxylic acids is 1. The van der Waals surface area contributed by atoms with E-state index in [2.05, 4.69) is 11.6 Å². The zero-order valence-corrected chi connectivity index (χ0v) is 14.3. The maximum absolute atomic E-state index is 12.0. The maximum atomic E-state index is 12.0. The van der Waals surface area contributed by atoms with Crippen LogP contribution in [0.25, 0.3) is 5.57 Å². The smallest absolute Gasteiger partial charge is 0.279 e. The van der Waals surface area contributed by atoms with Crippen molar-refractivity contribution in [3.63, 3.8) is 0 Å². The minimum absolute atomic E-state index is 0.151. The number of halogens is 1. The lowest BCUT2D eigenvalue weighted by Crippen LogP contribution is -2.00. The van der Waals surface area contributed by atoms with Gasteiger partial charge in [-0.2, -0.15) is 9.88 Å². The third-order valence-corrected chi connectivity index (χ3v) is 3.94. The van der Waals surface area contributed by atoms with Gasteiger partial charge in [0.2, 0.25) is 6.40 Å². The van der Waals surface area contributed by atoms with Gasteiger partial charge in [0, 0.05) is 16.2 Å². The molecule has 24 heavy (non-hydrogen) atoms. The summed E-state index contributed by atoms with van der Waals surface area (Å²) in [6.07, 6.45) is 0.950. The highest BCUT2D eigenvalue weighted by atomic mass is 35.5. The summed E-state index contributed by atoms with van der Waals surface area (Å²) < 4.78 is 0. The highest BCUT2D eigenvalue weighted by Gasteiger charge is 2.09. The van der Waals surface area contributed by atoms with E-state index in [1.54, 1.807) is 6.07 Å². The monoisotopic (exact) mass is 343 g/mol. The van der Waals surface area contributed by atoms with Crippen LogP contribution in [-0.2, 0) is 21.2 Å². The zero-order chi connectivity index (χ0) is 17.5. The molecule has 0 aliphatic heterocycles. The molecule has 0 aromatic heterocycles. The number of benzene rings is 2. The highest BCUT2D eigenvalue weighted by Crippen LogP contribution is 2.18. The summed E-state index contributed by atoms with van der Waals surface area (Å²) in [6, 6.07) is 12.9. The Morgan fingerprint density at radius 1 is 1.21 bits per heavy atom. The standard InChI is InChI=1S/C19H18ClNO3/c1-13-8-9-16(10-14(13)2)15(3)19(22)21-12-24-23-11-17-6-4-5-7-18(17)20/h4-10,12H,3,11H2,1-2H3. The summed E-state index contributed by atoms with van der Waals surface area (Å²) in [5.74, 6) is -0.486. The number of aryl methyl sites for hydroxylation is 2. The number of carbonyl (C=O) groups is 1. The molecule has 0 bridgehead atoms. The second-order valence-electron chi connectivity index (χ2n) is 5.27. The van der Waals surface area contributed by atoms with Crippen LogP contribution in [-0.4, -0.2) is 12.3 Å². The second-order valence-corrected chi connectivity index (χ2v) is 5.67. The van der Waals surface area contributed by atoms with E-state index >= 15 is 0 Å². The van der Waals surface area contributed by atoms with Crippen molar-refractivity contribution in [3.05, 3.63) is 76.3 Å². The fraction of sp³-hybridized carbons (Fsp3) is 0.158. The fourth-order valence-corrected chi connectivity index (χ4v) is 2.13. The van der Waals surface area contributed by atoms with Gasteiger partial charge < -0.3 is 4.89 Å². The molecule has 124 valence electrons. The number of rotatable bonds is 6.